The van der Waals surface area contributed by atoms with Crippen molar-refractivity contribution in [1.82, 2.24) is 25.3 Å². The summed E-state index contributed by atoms with van der Waals surface area (Å²) in [6, 6.07) is 5.73. The zero-order chi connectivity index (χ0) is 27.8. The largest absolute Gasteiger partial charge is 0.496 e. The third-order valence-electron chi connectivity index (χ3n) is 8.00. The molecule has 1 atom stereocenters. The number of pyridine rings is 1. The molecule has 0 radical (unpaired) electrons. The monoisotopic (exact) mass is 532 g/mol. The van der Waals surface area contributed by atoms with Crippen LogP contribution in [0.1, 0.15) is 68.4 Å². The maximum absolute atomic E-state index is 13.1. The number of nitrogens with zero attached hydrogens (tertiary/aromatic N) is 5. The first-order chi connectivity index (χ1) is 18.6. The second kappa shape index (κ2) is 10.3. The Balaban J connectivity index is 1.36. The first-order valence-electron chi connectivity index (χ1n) is 13.4. The van der Waals surface area contributed by atoms with Crippen molar-refractivity contribution in [3.05, 3.63) is 35.8 Å². The highest BCUT2D eigenvalue weighted by molar-refractivity contribution is 5.93. The van der Waals surface area contributed by atoms with Gasteiger partial charge in [0.05, 0.1) is 24.0 Å². The Morgan fingerprint density at radius 3 is 2.74 bits per heavy atom. The number of rotatable bonds is 9. The van der Waals surface area contributed by atoms with E-state index in [-0.39, 0.29) is 30.3 Å². The van der Waals surface area contributed by atoms with Gasteiger partial charge in [-0.2, -0.15) is 15.2 Å². The molecular weight excluding hydrogens is 496 g/mol. The lowest BCUT2D eigenvalue weighted by atomic mass is 9.89. The predicted octanol–water partition coefficient (Wildman–Crippen LogP) is 3.28. The molecule has 39 heavy (non-hydrogen) atoms. The number of ether oxygens (including phenoxy) is 2. The van der Waals surface area contributed by atoms with Crippen molar-refractivity contribution >= 4 is 22.8 Å². The second-order valence-electron chi connectivity index (χ2n) is 11.3. The van der Waals surface area contributed by atoms with E-state index in [4.69, 9.17) is 15.2 Å². The van der Waals surface area contributed by atoms with Crippen molar-refractivity contribution in [2.75, 3.05) is 31.7 Å². The standard InChI is InChI=1S/C28H36N8O3/c1-17(27(2,3)30)33-25(37)20-13-22(35-26(34-20)39-16-28(15-29)8-9-28)36-11-6-18(7-12-36)19-14-32-24-23(19)21(38-4)5-10-31-24/h5,10,13-14,17-18H,6-9,11-12,16,30H2,1-4H3,(H,31,32)(H,33,37). The molecule has 3 aromatic heterocycles. The Labute approximate surface area is 228 Å². The number of nitrogens with one attached hydrogen (secondary N) is 2. The third-order valence-corrected chi connectivity index (χ3v) is 8.00. The van der Waals surface area contributed by atoms with Crippen LogP contribution in [0.5, 0.6) is 11.8 Å². The van der Waals surface area contributed by atoms with Crippen molar-refractivity contribution in [2.45, 2.75) is 64.0 Å². The predicted molar refractivity (Wildman–Crippen MR) is 147 cm³/mol. The lowest BCUT2D eigenvalue weighted by Gasteiger charge is -2.33. The summed E-state index contributed by atoms with van der Waals surface area (Å²) in [7, 11) is 1.67. The van der Waals surface area contributed by atoms with Crippen LogP contribution in [-0.2, 0) is 0 Å². The van der Waals surface area contributed by atoms with Crippen LogP contribution in [0, 0.1) is 16.7 Å². The number of methoxy groups -OCH3 is 1. The van der Waals surface area contributed by atoms with Crippen molar-refractivity contribution in [3.63, 3.8) is 0 Å². The van der Waals surface area contributed by atoms with Gasteiger partial charge in [0.25, 0.3) is 5.91 Å². The number of nitrogens with two attached hydrogens (primary N) is 1. The molecule has 0 spiro atoms. The summed E-state index contributed by atoms with van der Waals surface area (Å²) in [4.78, 5) is 32.0. The topological polar surface area (TPSA) is 155 Å². The molecule has 4 heterocycles. The summed E-state index contributed by atoms with van der Waals surface area (Å²) in [6.45, 7) is 7.27. The Morgan fingerprint density at radius 2 is 2.10 bits per heavy atom. The van der Waals surface area contributed by atoms with Crippen LogP contribution >= 0.6 is 0 Å². The minimum atomic E-state index is -0.599. The number of carbonyl (C=O) groups excluding carboxylic acids is 1. The van der Waals surface area contributed by atoms with Crippen LogP contribution in [0.4, 0.5) is 5.82 Å². The fourth-order valence-electron chi connectivity index (χ4n) is 4.82. The minimum Gasteiger partial charge on any atom is -0.496 e. The van der Waals surface area contributed by atoms with Gasteiger partial charge in [0.2, 0.25) is 0 Å². The van der Waals surface area contributed by atoms with Crippen molar-refractivity contribution in [2.24, 2.45) is 11.1 Å². The highest BCUT2D eigenvalue weighted by Gasteiger charge is 2.44. The van der Waals surface area contributed by atoms with E-state index < -0.39 is 11.0 Å². The van der Waals surface area contributed by atoms with E-state index in [0.717, 1.165) is 55.6 Å². The number of H-pyrrole nitrogens is 1. The van der Waals surface area contributed by atoms with Gasteiger partial charge >= 0.3 is 6.01 Å². The summed E-state index contributed by atoms with van der Waals surface area (Å²) in [5.74, 6) is 1.42. The van der Waals surface area contributed by atoms with Gasteiger partial charge in [0, 0.05) is 43.1 Å². The maximum Gasteiger partial charge on any atom is 0.319 e. The van der Waals surface area contributed by atoms with Crippen LogP contribution in [0.25, 0.3) is 11.0 Å². The lowest BCUT2D eigenvalue weighted by Crippen LogP contribution is -2.53. The fraction of sp³-hybridized carbons (Fsp3) is 0.536. The number of hydrogen-bond acceptors (Lipinski definition) is 9. The minimum absolute atomic E-state index is 0.105. The summed E-state index contributed by atoms with van der Waals surface area (Å²) < 4.78 is 11.5. The van der Waals surface area contributed by atoms with Gasteiger partial charge in [-0.15, -0.1) is 0 Å². The Morgan fingerprint density at radius 1 is 1.36 bits per heavy atom. The van der Waals surface area contributed by atoms with Gasteiger partial charge in [0.15, 0.2) is 0 Å². The van der Waals surface area contributed by atoms with Gasteiger partial charge in [-0.1, -0.05) is 0 Å². The van der Waals surface area contributed by atoms with Crippen molar-refractivity contribution < 1.29 is 14.3 Å². The Bertz CT molecular complexity index is 1390. The fourth-order valence-corrected chi connectivity index (χ4v) is 4.82. The van der Waals surface area contributed by atoms with E-state index in [1.165, 1.54) is 5.56 Å². The molecule has 1 amide bonds. The van der Waals surface area contributed by atoms with Crippen molar-refractivity contribution in [3.8, 4) is 17.8 Å². The van der Waals surface area contributed by atoms with Gasteiger partial charge in [0.1, 0.15) is 29.5 Å². The van der Waals surface area contributed by atoms with Crippen LogP contribution in [-0.4, -0.2) is 64.2 Å². The van der Waals surface area contributed by atoms with E-state index in [2.05, 4.69) is 36.2 Å². The summed E-state index contributed by atoms with van der Waals surface area (Å²) in [5, 5.41) is 13.4. The number of amides is 1. The quantitative estimate of drug-likeness (QED) is 0.376. The highest BCUT2D eigenvalue weighted by atomic mass is 16.5. The van der Waals surface area contributed by atoms with Gasteiger partial charge < -0.3 is 30.4 Å². The van der Waals surface area contributed by atoms with Crippen LogP contribution in [0.2, 0.25) is 0 Å². The molecule has 5 rings (SSSR count). The molecule has 2 aliphatic rings. The molecule has 11 nitrogen and oxygen atoms in total. The molecule has 1 aliphatic heterocycles. The summed E-state index contributed by atoms with van der Waals surface area (Å²) in [5.41, 5.74) is 7.33. The number of carbonyl (C=O) groups is 1. The molecule has 1 unspecified atom stereocenters. The SMILES string of the molecule is COc1ccnc2[nH]cc(C3CCN(c4cc(C(=O)NC(C)C(C)(C)N)nc(OCC5(C#N)CC5)n4)CC3)c12. The first kappa shape index (κ1) is 26.7. The number of piperidine rings is 1. The molecule has 0 aromatic carbocycles. The summed E-state index contributed by atoms with van der Waals surface area (Å²) >= 11 is 0. The number of hydrogen-bond donors (Lipinski definition) is 3. The smallest absolute Gasteiger partial charge is 0.319 e. The van der Waals surface area contributed by atoms with E-state index in [9.17, 15) is 10.1 Å². The van der Waals surface area contributed by atoms with E-state index in [0.29, 0.717) is 11.7 Å². The molecule has 1 saturated carbocycles. The highest BCUT2D eigenvalue weighted by Crippen LogP contribution is 2.45. The van der Waals surface area contributed by atoms with Crippen LogP contribution in [0.15, 0.2) is 24.5 Å². The molecule has 11 heteroatoms. The zero-order valence-electron chi connectivity index (χ0n) is 23.0. The van der Waals surface area contributed by atoms with Gasteiger partial charge in [-0.25, -0.2) is 4.98 Å². The number of aromatic nitrogens is 4. The van der Waals surface area contributed by atoms with Gasteiger partial charge in [-0.05, 0) is 64.0 Å². The van der Waals surface area contributed by atoms with Crippen LogP contribution in [0.3, 0.4) is 0 Å². The molecule has 4 N–H and O–H groups in total. The number of fused-ring (bicyclic) bond motifs is 1. The Hall–Kier alpha value is -3.91. The number of aromatic amines is 1. The van der Waals surface area contributed by atoms with E-state index in [1.54, 1.807) is 19.4 Å². The van der Waals surface area contributed by atoms with Crippen molar-refractivity contribution in [1.29, 1.82) is 5.26 Å². The maximum atomic E-state index is 13.1. The molecule has 3 aromatic rings. The van der Waals surface area contributed by atoms with Crippen LogP contribution < -0.4 is 25.4 Å². The molecule has 0 bridgehead atoms. The zero-order valence-corrected chi connectivity index (χ0v) is 23.0. The molecule has 2 fully saturated rings. The molecule has 1 aliphatic carbocycles. The second-order valence-corrected chi connectivity index (χ2v) is 11.3. The number of anilines is 1. The average molecular weight is 533 g/mol. The average Bonchev–Trinajstić information content (AvgIpc) is 3.60. The number of nitriles is 1. The molecular formula is C28H36N8O3. The Kier molecular flexibility index (Phi) is 7.07. The third kappa shape index (κ3) is 5.61. The summed E-state index contributed by atoms with van der Waals surface area (Å²) in [6.07, 6.45) is 7.14. The first-order valence-corrected chi connectivity index (χ1v) is 13.4. The van der Waals surface area contributed by atoms with E-state index >= 15 is 0 Å². The normalized spacial score (nSPS) is 17.9. The van der Waals surface area contributed by atoms with Gasteiger partial charge in [-0.3, -0.25) is 4.79 Å². The molecule has 1 saturated heterocycles. The molecule has 206 valence electrons. The van der Waals surface area contributed by atoms with E-state index in [1.807, 2.05) is 33.0 Å². The lowest BCUT2D eigenvalue weighted by molar-refractivity contribution is 0.0918.